The minimum Gasteiger partial charge on any atom is -0.508 e. The minimum absolute atomic E-state index is 0.0948. The van der Waals surface area contributed by atoms with Gasteiger partial charge in [0.05, 0.1) is 17.8 Å². The lowest BCUT2D eigenvalue weighted by Crippen LogP contribution is -2.37. The van der Waals surface area contributed by atoms with Gasteiger partial charge in [0.15, 0.2) is 5.11 Å². The van der Waals surface area contributed by atoms with Crippen molar-refractivity contribution in [3.05, 3.63) is 108 Å². The van der Waals surface area contributed by atoms with E-state index in [1.165, 1.54) is 0 Å². The van der Waals surface area contributed by atoms with Gasteiger partial charge in [-0.25, -0.2) is 0 Å². The predicted octanol–water partition coefficient (Wildman–Crippen LogP) is 4.81. The van der Waals surface area contributed by atoms with Crippen molar-refractivity contribution in [2.45, 2.75) is 25.9 Å². The van der Waals surface area contributed by atoms with Crippen LogP contribution in [0.3, 0.4) is 0 Å². The Morgan fingerprint density at radius 3 is 2.47 bits per heavy atom. The van der Waals surface area contributed by atoms with E-state index in [2.05, 4.69) is 33.2 Å². The number of hydrogen-bond acceptors (Lipinski definition) is 4. The molecular formula is C28H27N5O2S. The summed E-state index contributed by atoms with van der Waals surface area (Å²) in [6, 6.07) is 24.0. The van der Waals surface area contributed by atoms with Crippen LogP contribution in [0.15, 0.2) is 85.1 Å². The Balaban J connectivity index is 1.53. The van der Waals surface area contributed by atoms with Crippen molar-refractivity contribution in [3.63, 3.8) is 0 Å². The van der Waals surface area contributed by atoms with Crippen LogP contribution in [0.25, 0.3) is 5.69 Å². The maximum absolute atomic E-state index is 13.1. The molecule has 2 atom stereocenters. The molecule has 1 aliphatic rings. The number of phenolic OH excluding ortho intramolecular Hbond substituents is 1. The van der Waals surface area contributed by atoms with Gasteiger partial charge in [0, 0.05) is 29.0 Å². The van der Waals surface area contributed by atoms with Crippen LogP contribution in [0.2, 0.25) is 0 Å². The molecule has 1 fully saturated rings. The van der Waals surface area contributed by atoms with Gasteiger partial charge in [-0.2, -0.15) is 0 Å². The summed E-state index contributed by atoms with van der Waals surface area (Å²) in [6.07, 6.45) is 1.77. The third-order valence-corrected chi connectivity index (χ3v) is 6.82. The number of rotatable bonds is 6. The highest BCUT2D eigenvalue weighted by Crippen LogP contribution is 2.41. The Kier molecular flexibility index (Phi) is 6.43. The van der Waals surface area contributed by atoms with Crippen LogP contribution in [0.1, 0.15) is 34.7 Å². The Hall–Kier alpha value is -4.17. The first kappa shape index (κ1) is 23.6. The van der Waals surface area contributed by atoms with Crippen molar-refractivity contribution in [2.75, 3.05) is 11.9 Å². The molecule has 0 spiro atoms. The van der Waals surface area contributed by atoms with E-state index in [-0.39, 0.29) is 30.3 Å². The van der Waals surface area contributed by atoms with Gasteiger partial charge in [-0.1, -0.05) is 24.3 Å². The molecule has 3 N–H and O–H groups in total. The second-order valence-corrected chi connectivity index (χ2v) is 9.23. The van der Waals surface area contributed by atoms with E-state index in [1.807, 2.05) is 72.5 Å². The molecule has 1 saturated heterocycles. The lowest BCUT2D eigenvalue weighted by Gasteiger charge is -2.27. The lowest BCUT2D eigenvalue weighted by molar-refractivity contribution is -0.116. The number of amides is 1. The SMILES string of the molecule is Cc1cc(C2C(c3ccccn3)NC(=S)N2CC(=O)Nc2ccccc2)c(C)n1-c1ccc(O)cc1. The molecule has 1 aliphatic heterocycles. The molecule has 0 saturated carbocycles. The zero-order chi connectivity index (χ0) is 25.2. The zero-order valence-electron chi connectivity index (χ0n) is 20.1. The lowest BCUT2D eigenvalue weighted by atomic mass is 9.96. The van der Waals surface area contributed by atoms with Crippen LogP contribution in [0.4, 0.5) is 5.69 Å². The van der Waals surface area contributed by atoms with Gasteiger partial charge < -0.3 is 25.2 Å². The molecule has 182 valence electrons. The van der Waals surface area contributed by atoms with Crippen molar-refractivity contribution in [2.24, 2.45) is 0 Å². The van der Waals surface area contributed by atoms with Gasteiger partial charge in [0.25, 0.3) is 0 Å². The average Bonchev–Trinajstić information content (AvgIpc) is 3.35. The number of pyridine rings is 1. The standard InChI is InChI=1S/C28H27N5O2S/c1-18-16-23(19(2)33(18)21-11-13-22(34)14-12-21)27-26(24-10-6-7-15-29-24)31-28(36)32(27)17-25(35)30-20-8-4-3-5-9-20/h3-16,26-27,34H,17H2,1-2H3,(H,30,35)(H,31,36). The summed E-state index contributed by atoms with van der Waals surface area (Å²) in [7, 11) is 0. The highest BCUT2D eigenvalue weighted by molar-refractivity contribution is 7.80. The van der Waals surface area contributed by atoms with E-state index < -0.39 is 0 Å². The summed E-state index contributed by atoms with van der Waals surface area (Å²) in [6.45, 7) is 4.21. The zero-order valence-corrected chi connectivity index (χ0v) is 20.9. The number of aryl methyl sites for hydroxylation is 1. The number of nitrogens with one attached hydrogen (secondary N) is 2. The monoisotopic (exact) mass is 497 g/mol. The molecule has 2 aromatic carbocycles. The highest BCUT2D eigenvalue weighted by Gasteiger charge is 2.42. The van der Waals surface area contributed by atoms with Gasteiger partial charge in [0.1, 0.15) is 12.3 Å². The van der Waals surface area contributed by atoms with Crippen molar-refractivity contribution in [1.29, 1.82) is 0 Å². The molecule has 2 aromatic heterocycles. The number of benzene rings is 2. The van der Waals surface area contributed by atoms with Gasteiger partial charge in [-0.05, 0) is 86.2 Å². The van der Waals surface area contributed by atoms with E-state index in [9.17, 15) is 9.90 Å². The topological polar surface area (TPSA) is 82.4 Å². The fraction of sp³-hybridized carbons (Fsp3) is 0.179. The Morgan fingerprint density at radius 1 is 1.06 bits per heavy atom. The van der Waals surface area contributed by atoms with E-state index in [0.29, 0.717) is 5.11 Å². The number of nitrogens with zero attached hydrogens (tertiary/aromatic N) is 3. The number of phenols is 1. The molecule has 8 heteroatoms. The predicted molar refractivity (Wildman–Crippen MR) is 144 cm³/mol. The second-order valence-electron chi connectivity index (χ2n) is 8.85. The molecular weight excluding hydrogens is 470 g/mol. The summed E-state index contributed by atoms with van der Waals surface area (Å²) < 4.78 is 2.15. The average molecular weight is 498 g/mol. The molecule has 0 bridgehead atoms. The van der Waals surface area contributed by atoms with Gasteiger partial charge >= 0.3 is 0 Å². The van der Waals surface area contributed by atoms with Crippen molar-refractivity contribution in [1.82, 2.24) is 19.8 Å². The van der Waals surface area contributed by atoms with Crippen LogP contribution in [0.5, 0.6) is 5.75 Å². The number of carbonyl (C=O) groups is 1. The van der Waals surface area contributed by atoms with Gasteiger partial charge in [-0.15, -0.1) is 0 Å². The first-order valence-electron chi connectivity index (χ1n) is 11.7. The van der Waals surface area contributed by atoms with Gasteiger partial charge in [-0.3, -0.25) is 9.78 Å². The summed E-state index contributed by atoms with van der Waals surface area (Å²) in [4.78, 5) is 19.6. The number of hydrogen-bond donors (Lipinski definition) is 3. The Labute approximate surface area is 215 Å². The summed E-state index contributed by atoms with van der Waals surface area (Å²) in [5, 5.41) is 16.6. The fourth-order valence-corrected chi connectivity index (χ4v) is 5.18. The van der Waals surface area contributed by atoms with Gasteiger partial charge in [0.2, 0.25) is 5.91 Å². The number of carbonyl (C=O) groups excluding carboxylic acids is 1. The molecule has 0 radical (unpaired) electrons. The molecule has 1 amide bonds. The van der Waals surface area contributed by atoms with Crippen LogP contribution in [-0.2, 0) is 4.79 Å². The van der Waals surface area contributed by atoms with Crippen LogP contribution < -0.4 is 10.6 Å². The number of para-hydroxylation sites is 1. The molecule has 7 nitrogen and oxygen atoms in total. The normalized spacial score (nSPS) is 17.2. The van der Waals surface area contributed by atoms with Crippen molar-refractivity contribution < 1.29 is 9.90 Å². The van der Waals surface area contributed by atoms with E-state index >= 15 is 0 Å². The molecule has 36 heavy (non-hydrogen) atoms. The molecule has 2 unspecified atom stereocenters. The van der Waals surface area contributed by atoms with E-state index in [1.54, 1.807) is 18.3 Å². The maximum atomic E-state index is 13.1. The van der Waals surface area contributed by atoms with E-state index in [0.717, 1.165) is 34.0 Å². The van der Waals surface area contributed by atoms with Crippen molar-refractivity contribution >= 4 is 28.9 Å². The largest absolute Gasteiger partial charge is 0.508 e. The van der Waals surface area contributed by atoms with Crippen LogP contribution >= 0.6 is 12.2 Å². The summed E-state index contributed by atoms with van der Waals surface area (Å²) in [5.41, 5.74) is 5.67. The first-order valence-corrected chi connectivity index (χ1v) is 12.1. The second kappa shape index (κ2) is 9.83. The number of anilines is 1. The molecule has 5 rings (SSSR count). The summed E-state index contributed by atoms with van der Waals surface area (Å²) in [5.74, 6) is 0.0713. The Morgan fingerprint density at radius 2 is 1.78 bits per heavy atom. The first-order chi connectivity index (χ1) is 17.4. The third kappa shape index (κ3) is 4.55. The smallest absolute Gasteiger partial charge is 0.244 e. The maximum Gasteiger partial charge on any atom is 0.244 e. The minimum atomic E-state index is -0.244. The van der Waals surface area contributed by atoms with Crippen LogP contribution in [0, 0.1) is 13.8 Å². The number of aromatic hydroxyl groups is 1. The van der Waals surface area contributed by atoms with Crippen LogP contribution in [-0.4, -0.2) is 37.1 Å². The molecule has 4 aromatic rings. The number of thiocarbonyl (C=S) groups is 1. The molecule has 0 aliphatic carbocycles. The quantitative estimate of drug-likeness (QED) is 0.332. The van der Waals surface area contributed by atoms with Crippen molar-refractivity contribution in [3.8, 4) is 11.4 Å². The third-order valence-electron chi connectivity index (χ3n) is 6.47. The highest BCUT2D eigenvalue weighted by atomic mass is 32.1. The van der Waals surface area contributed by atoms with E-state index in [4.69, 9.17) is 12.2 Å². The summed E-state index contributed by atoms with van der Waals surface area (Å²) >= 11 is 5.74. The molecule has 3 heterocycles. The Bertz CT molecular complexity index is 1390. The fourth-order valence-electron chi connectivity index (χ4n) is 4.88. The number of aromatic nitrogens is 2.